The van der Waals surface area contributed by atoms with Gasteiger partial charge in [-0.25, -0.2) is 0 Å². The molecule has 76 valence electrons. The number of nitrogens with two attached hydrogens (primary N) is 1. The molecule has 0 fully saturated rings. The van der Waals surface area contributed by atoms with Gasteiger partial charge in [-0.1, -0.05) is 0 Å². The molecule has 0 bridgehead atoms. The number of nitrogen functional groups attached to an aromatic ring is 1. The monoisotopic (exact) mass is 191 g/mol. The van der Waals surface area contributed by atoms with E-state index < -0.39 is 0 Å². The molecule has 1 aliphatic heterocycles. The molecule has 1 aromatic carbocycles. The van der Waals surface area contributed by atoms with Crippen LogP contribution in [-0.4, -0.2) is 19.1 Å². The summed E-state index contributed by atoms with van der Waals surface area (Å²) < 4.78 is 0. The summed E-state index contributed by atoms with van der Waals surface area (Å²) in [6.07, 6.45) is 0. The van der Waals surface area contributed by atoms with E-state index in [9.17, 15) is 0 Å². The van der Waals surface area contributed by atoms with Crippen molar-refractivity contribution < 1.29 is 0 Å². The molecule has 3 N–H and O–H groups in total. The summed E-state index contributed by atoms with van der Waals surface area (Å²) in [5.41, 5.74) is 8.99. The quantitative estimate of drug-likeness (QED) is 0.666. The van der Waals surface area contributed by atoms with Gasteiger partial charge < -0.3 is 16.0 Å². The molecule has 1 heterocycles. The fraction of sp³-hybridized carbons (Fsp3) is 0.455. The molecule has 0 atom stereocenters. The number of nitrogens with zero attached hydrogens (tertiary/aromatic N) is 1. The number of benzene rings is 1. The van der Waals surface area contributed by atoms with Crippen molar-refractivity contribution >= 4 is 17.1 Å². The van der Waals surface area contributed by atoms with Crippen LogP contribution in [0.2, 0.25) is 0 Å². The number of fused-ring (bicyclic) bond motifs is 1. The van der Waals surface area contributed by atoms with Gasteiger partial charge in [0.2, 0.25) is 0 Å². The van der Waals surface area contributed by atoms with Crippen LogP contribution in [0, 0.1) is 0 Å². The Morgan fingerprint density at radius 3 is 2.93 bits per heavy atom. The Bertz CT molecular complexity index is 333. The molecule has 3 heteroatoms. The second kappa shape index (κ2) is 3.40. The smallest absolute Gasteiger partial charge is 0.0606 e. The molecule has 2 rings (SSSR count). The van der Waals surface area contributed by atoms with Crippen molar-refractivity contribution in [3.05, 3.63) is 18.2 Å². The highest BCUT2D eigenvalue weighted by molar-refractivity contribution is 5.76. The number of anilines is 3. The van der Waals surface area contributed by atoms with E-state index in [2.05, 4.69) is 30.1 Å². The maximum absolute atomic E-state index is 5.74. The third-order valence-electron chi connectivity index (χ3n) is 2.62. The molecule has 1 aliphatic rings. The van der Waals surface area contributed by atoms with Crippen LogP contribution in [0.3, 0.4) is 0 Å². The van der Waals surface area contributed by atoms with Crippen molar-refractivity contribution in [2.24, 2.45) is 0 Å². The molecular formula is C11H17N3. The van der Waals surface area contributed by atoms with E-state index in [4.69, 9.17) is 5.73 Å². The first-order valence-corrected chi connectivity index (χ1v) is 5.08. The van der Waals surface area contributed by atoms with E-state index >= 15 is 0 Å². The van der Waals surface area contributed by atoms with E-state index in [1.165, 1.54) is 5.69 Å². The van der Waals surface area contributed by atoms with Crippen molar-refractivity contribution in [1.29, 1.82) is 0 Å². The Balaban J connectivity index is 2.40. The van der Waals surface area contributed by atoms with Crippen molar-refractivity contribution in [2.45, 2.75) is 19.9 Å². The Morgan fingerprint density at radius 2 is 2.21 bits per heavy atom. The Kier molecular flexibility index (Phi) is 2.23. The first-order valence-electron chi connectivity index (χ1n) is 5.08. The topological polar surface area (TPSA) is 41.3 Å². The van der Waals surface area contributed by atoms with Gasteiger partial charge in [0, 0.05) is 24.8 Å². The summed E-state index contributed by atoms with van der Waals surface area (Å²) in [7, 11) is 0. The standard InChI is InChI=1S/C11H17N3/c1-8(2)14-6-5-13-10-7-9(12)3-4-11(10)14/h3-4,7-8,13H,5-6,12H2,1-2H3. The van der Waals surface area contributed by atoms with Crippen LogP contribution in [0.25, 0.3) is 0 Å². The average molecular weight is 191 g/mol. The fourth-order valence-corrected chi connectivity index (χ4v) is 1.91. The van der Waals surface area contributed by atoms with Crippen molar-refractivity contribution in [3.8, 4) is 0 Å². The molecule has 0 unspecified atom stereocenters. The maximum Gasteiger partial charge on any atom is 0.0606 e. The lowest BCUT2D eigenvalue weighted by Crippen LogP contribution is -2.38. The molecule has 14 heavy (non-hydrogen) atoms. The number of rotatable bonds is 1. The molecule has 0 amide bonds. The SMILES string of the molecule is CC(C)N1CCNc2cc(N)ccc21. The largest absolute Gasteiger partial charge is 0.399 e. The maximum atomic E-state index is 5.74. The summed E-state index contributed by atoms with van der Waals surface area (Å²) >= 11 is 0. The van der Waals surface area contributed by atoms with Gasteiger partial charge in [-0.2, -0.15) is 0 Å². The van der Waals surface area contributed by atoms with Crippen molar-refractivity contribution in [2.75, 3.05) is 29.0 Å². The van der Waals surface area contributed by atoms with Crippen LogP contribution >= 0.6 is 0 Å². The van der Waals surface area contributed by atoms with Gasteiger partial charge in [0.05, 0.1) is 11.4 Å². The van der Waals surface area contributed by atoms with Gasteiger partial charge in [-0.3, -0.25) is 0 Å². The Morgan fingerprint density at radius 1 is 1.43 bits per heavy atom. The lowest BCUT2D eigenvalue weighted by molar-refractivity contribution is 0.681. The summed E-state index contributed by atoms with van der Waals surface area (Å²) in [6.45, 7) is 6.49. The van der Waals surface area contributed by atoms with E-state index in [1.54, 1.807) is 0 Å². The lowest BCUT2D eigenvalue weighted by Gasteiger charge is -2.35. The minimum Gasteiger partial charge on any atom is -0.399 e. The normalized spacial score (nSPS) is 15.2. The number of hydrogen-bond acceptors (Lipinski definition) is 3. The third-order valence-corrected chi connectivity index (χ3v) is 2.62. The minimum absolute atomic E-state index is 0.541. The van der Waals surface area contributed by atoms with Crippen LogP contribution in [0.4, 0.5) is 17.1 Å². The van der Waals surface area contributed by atoms with E-state index in [1.807, 2.05) is 12.1 Å². The van der Waals surface area contributed by atoms with Gasteiger partial charge in [-0.05, 0) is 32.0 Å². The number of hydrogen-bond donors (Lipinski definition) is 2. The highest BCUT2D eigenvalue weighted by Crippen LogP contribution is 2.31. The molecule has 1 aromatic rings. The molecule has 3 nitrogen and oxygen atoms in total. The fourth-order valence-electron chi connectivity index (χ4n) is 1.91. The summed E-state index contributed by atoms with van der Waals surface area (Å²) in [5.74, 6) is 0. The van der Waals surface area contributed by atoms with Crippen molar-refractivity contribution in [1.82, 2.24) is 0 Å². The zero-order valence-corrected chi connectivity index (χ0v) is 8.75. The van der Waals surface area contributed by atoms with Gasteiger partial charge in [0.15, 0.2) is 0 Å². The summed E-state index contributed by atoms with van der Waals surface area (Å²) in [6, 6.07) is 6.60. The number of nitrogens with one attached hydrogen (secondary N) is 1. The van der Waals surface area contributed by atoms with Gasteiger partial charge in [0.1, 0.15) is 0 Å². The van der Waals surface area contributed by atoms with Crippen LogP contribution < -0.4 is 16.0 Å². The van der Waals surface area contributed by atoms with Crippen LogP contribution in [0.5, 0.6) is 0 Å². The highest BCUT2D eigenvalue weighted by Gasteiger charge is 2.18. The minimum atomic E-state index is 0.541. The van der Waals surface area contributed by atoms with Crippen LogP contribution in [0.15, 0.2) is 18.2 Å². The zero-order chi connectivity index (χ0) is 10.1. The van der Waals surface area contributed by atoms with Gasteiger partial charge in [-0.15, -0.1) is 0 Å². The van der Waals surface area contributed by atoms with Gasteiger partial charge in [0.25, 0.3) is 0 Å². The molecule has 0 saturated carbocycles. The summed E-state index contributed by atoms with van der Waals surface area (Å²) in [5, 5.41) is 3.37. The molecule has 0 spiro atoms. The zero-order valence-electron chi connectivity index (χ0n) is 8.75. The average Bonchev–Trinajstić information content (AvgIpc) is 2.16. The first-order chi connectivity index (χ1) is 6.68. The van der Waals surface area contributed by atoms with Crippen molar-refractivity contribution in [3.63, 3.8) is 0 Å². The molecule has 0 saturated heterocycles. The van der Waals surface area contributed by atoms with E-state index in [-0.39, 0.29) is 0 Å². The van der Waals surface area contributed by atoms with E-state index in [0.717, 1.165) is 24.5 Å². The van der Waals surface area contributed by atoms with Gasteiger partial charge >= 0.3 is 0 Å². The Hall–Kier alpha value is -1.38. The Labute approximate surface area is 84.9 Å². The second-order valence-electron chi connectivity index (χ2n) is 3.99. The van der Waals surface area contributed by atoms with Crippen LogP contribution in [-0.2, 0) is 0 Å². The lowest BCUT2D eigenvalue weighted by atomic mass is 10.1. The highest BCUT2D eigenvalue weighted by atomic mass is 15.2. The first kappa shape index (κ1) is 9.19. The van der Waals surface area contributed by atoms with Crippen LogP contribution in [0.1, 0.15) is 13.8 Å². The molecular weight excluding hydrogens is 174 g/mol. The third kappa shape index (κ3) is 1.50. The predicted molar refractivity (Wildman–Crippen MR) is 61.8 cm³/mol. The predicted octanol–water partition coefficient (Wildman–Crippen LogP) is 1.91. The molecule has 0 aromatic heterocycles. The molecule has 0 radical (unpaired) electrons. The second-order valence-corrected chi connectivity index (χ2v) is 3.99. The molecule has 0 aliphatic carbocycles. The summed E-state index contributed by atoms with van der Waals surface area (Å²) in [4.78, 5) is 2.39. The van der Waals surface area contributed by atoms with E-state index in [0.29, 0.717) is 6.04 Å².